The SMILES string of the molecule is OC1CCC2CN(CCC3CO3)CC2C1. The van der Waals surface area contributed by atoms with E-state index in [1.165, 1.54) is 32.5 Å². The molecule has 2 aliphatic heterocycles. The van der Waals surface area contributed by atoms with Crippen LogP contribution < -0.4 is 0 Å². The lowest BCUT2D eigenvalue weighted by Gasteiger charge is -2.27. The van der Waals surface area contributed by atoms with Gasteiger partial charge in [0.2, 0.25) is 0 Å². The number of ether oxygens (including phenoxy) is 1. The number of likely N-dealkylation sites (tertiary alicyclic amines) is 1. The van der Waals surface area contributed by atoms with E-state index < -0.39 is 0 Å². The molecule has 2 heterocycles. The first kappa shape index (κ1) is 10.1. The maximum atomic E-state index is 9.63. The third kappa shape index (κ3) is 2.35. The summed E-state index contributed by atoms with van der Waals surface area (Å²) in [4.78, 5) is 2.58. The van der Waals surface area contributed by atoms with Gasteiger partial charge in [-0.2, -0.15) is 0 Å². The van der Waals surface area contributed by atoms with Crippen LogP contribution >= 0.6 is 0 Å². The fourth-order valence-electron chi connectivity index (χ4n) is 3.25. The van der Waals surface area contributed by atoms with E-state index in [-0.39, 0.29) is 6.10 Å². The number of epoxide rings is 1. The molecule has 15 heavy (non-hydrogen) atoms. The van der Waals surface area contributed by atoms with Crippen molar-refractivity contribution in [3.63, 3.8) is 0 Å². The van der Waals surface area contributed by atoms with Crippen LogP contribution in [0.15, 0.2) is 0 Å². The molecule has 3 heteroatoms. The van der Waals surface area contributed by atoms with Gasteiger partial charge in [-0.15, -0.1) is 0 Å². The summed E-state index contributed by atoms with van der Waals surface area (Å²) >= 11 is 0. The van der Waals surface area contributed by atoms with Gasteiger partial charge < -0.3 is 14.7 Å². The fourth-order valence-corrected chi connectivity index (χ4v) is 3.25. The van der Waals surface area contributed by atoms with E-state index in [1.54, 1.807) is 0 Å². The van der Waals surface area contributed by atoms with Crippen LogP contribution in [-0.4, -0.2) is 48.5 Å². The minimum atomic E-state index is -0.0158. The van der Waals surface area contributed by atoms with Crippen LogP contribution in [0, 0.1) is 11.8 Å². The fraction of sp³-hybridized carbons (Fsp3) is 1.00. The van der Waals surface area contributed by atoms with Gasteiger partial charge in [-0.3, -0.25) is 0 Å². The molecule has 0 bridgehead atoms. The molecule has 86 valence electrons. The molecule has 3 rings (SSSR count). The third-order valence-electron chi connectivity index (χ3n) is 4.27. The number of nitrogens with zero attached hydrogens (tertiary/aromatic N) is 1. The second-order valence-electron chi connectivity index (χ2n) is 5.49. The molecular formula is C12H21NO2. The van der Waals surface area contributed by atoms with Crippen molar-refractivity contribution in [3.05, 3.63) is 0 Å². The van der Waals surface area contributed by atoms with Gasteiger partial charge in [0.25, 0.3) is 0 Å². The van der Waals surface area contributed by atoms with Gasteiger partial charge in [-0.25, -0.2) is 0 Å². The Hall–Kier alpha value is -0.120. The summed E-state index contributed by atoms with van der Waals surface area (Å²) in [6, 6.07) is 0. The van der Waals surface area contributed by atoms with E-state index in [0.29, 0.717) is 6.10 Å². The molecule has 0 aromatic heterocycles. The van der Waals surface area contributed by atoms with Crippen molar-refractivity contribution in [2.45, 2.75) is 37.9 Å². The van der Waals surface area contributed by atoms with Gasteiger partial charge in [-0.05, 0) is 37.5 Å². The van der Waals surface area contributed by atoms with Crippen LogP contribution in [0.1, 0.15) is 25.7 Å². The number of rotatable bonds is 3. The van der Waals surface area contributed by atoms with E-state index in [2.05, 4.69) is 4.90 Å². The molecule has 4 atom stereocenters. The van der Waals surface area contributed by atoms with Gasteiger partial charge >= 0.3 is 0 Å². The first-order valence-electron chi connectivity index (χ1n) is 6.33. The molecule has 2 saturated heterocycles. The zero-order valence-corrected chi connectivity index (χ0v) is 9.27. The number of hydrogen-bond acceptors (Lipinski definition) is 3. The van der Waals surface area contributed by atoms with Crippen LogP contribution in [0.3, 0.4) is 0 Å². The minimum absolute atomic E-state index is 0.0158. The largest absolute Gasteiger partial charge is 0.393 e. The number of fused-ring (bicyclic) bond motifs is 1. The smallest absolute Gasteiger partial charge is 0.0822 e. The van der Waals surface area contributed by atoms with Crippen LogP contribution in [0.5, 0.6) is 0 Å². The Bertz CT molecular complexity index is 230. The lowest BCUT2D eigenvalue weighted by atomic mass is 9.80. The monoisotopic (exact) mass is 211 g/mol. The van der Waals surface area contributed by atoms with Crippen LogP contribution in [0.4, 0.5) is 0 Å². The summed E-state index contributed by atoms with van der Waals surface area (Å²) in [5, 5.41) is 9.63. The highest BCUT2D eigenvalue weighted by Gasteiger charge is 2.37. The van der Waals surface area contributed by atoms with Crippen molar-refractivity contribution in [1.82, 2.24) is 4.90 Å². The summed E-state index contributed by atoms with van der Waals surface area (Å²) in [5.41, 5.74) is 0. The summed E-state index contributed by atoms with van der Waals surface area (Å²) in [6.07, 6.45) is 5.07. The number of aliphatic hydroxyl groups is 1. The Morgan fingerprint density at radius 1 is 1.20 bits per heavy atom. The molecule has 0 radical (unpaired) electrons. The Morgan fingerprint density at radius 2 is 2.00 bits per heavy atom. The summed E-state index contributed by atoms with van der Waals surface area (Å²) < 4.78 is 5.24. The molecule has 0 aromatic rings. The van der Waals surface area contributed by atoms with E-state index in [1.807, 2.05) is 0 Å². The summed E-state index contributed by atoms with van der Waals surface area (Å²) in [5.74, 6) is 1.64. The zero-order chi connectivity index (χ0) is 10.3. The average Bonchev–Trinajstić information content (AvgIpc) is 2.95. The lowest BCUT2D eigenvalue weighted by molar-refractivity contribution is 0.0865. The first-order valence-corrected chi connectivity index (χ1v) is 6.33. The van der Waals surface area contributed by atoms with Crippen molar-refractivity contribution in [2.24, 2.45) is 11.8 Å². The molecule has 3 fully saturated rings. The molecular weight excluding hydrogens is 190 g/mol. The minimum Gasteiger partial charge on any atom is -0.393 e. The predicted octanol–water partition coefficient (Wildman–Crippen LogP) is 0.868. The maximum Gasteiger partial charge on any atom is 0.0822 e. The second kappa shape index (κ2) is 4.04. The second-order valence-corrected chi connectivity index (χ2v) is 5.49. The molecule has 3 aliphatic rings. The van der Waals surface area contributed by atoms with E-state index in [4.69, 9.17) is 4.74 Å². The topological polar surface area (TPSA) is 36.0 Å². The van der Waals surface area contributed by atoms with E-state index in [9.17, 15) is 5.11 Å². The Kier molecular flexibility index (Phi) is 2.71. The molecule has 0 spiro atoms. The normalized spacial score (nSPS) is 45.4. The van der Waals surface area contributed by atoms with Crippen molar-refractivity contribution in [1.29, 1.82) is 0 Å². The van der Waals surface area contributed by atoms with Gasteiger partial charge in [0.1, 0.15) is 0 Å². The predicted molar refractivity (Wildman–Crippen MR) is 57.6 cm³/mol. The van der Waals surface area contributed by atoms with Gasteiger partial charge in [0, 0.05) is 19.6 Å². The maximum absolute atomic E-state index is 9.63. The number of hydrogen-bond donors (Lipinski definition) is 1. The Morgan fingerprint density at radius 3 is 2.80 bits per heavy atom. The molecule has 0 aromatic carbocycles. The van der Waals surface area contributed by atoms with Gasteiger partial charge in [-0.1, -0.05) is 0 Å². The average molecular weight is 211 g/mol. The van der Waals surface area contributed by atoms with E-state index in [0.717, 1.165) is 31.3 Å². The standard InChI is InChI=1S/C12H21NO2/c14-11-2-1-9-6-13(7-10(9)5-11)4-3-12-8-15-12/h9-12,14H,1-8H2. The third-order valence-corrected chi connectivity index (χ3v) is 4.27. The van der Waals surface area contributed by atoms with E-state index >= 15 is 0 Å². The molecule has 3 nitrogen and oxygen atoms in total. The van der Waals surface area contributed by atoms with Crippen molar-refractivity contribution < 1.29 is 9.84 Å². The molecule has 1 aliphatic carbocycles. The summed E-state index contributed by atoms with van der Waals surface area (Å²) in [7, 11) is 0. The molecule has 1 N–H and O–H groups in total. The molecule has 1 saturated carbocycles. The number of aliphatic hydroxyl groups excluding tert-OH is 1. The zero-order valence-electron chi connectivity index (χ0n) is 9.27. The highest BCUT2D eigenvalue weighted by molar-refractivity contribution is 4.89. The van der Waals surface area contributed by atoms with Crippen molar-refractivity contribution >= 4 is 0 Å². The van der Waals surface area contributed by atoms with Gasteiger partial charge in [0.05, 0.1) is 18.8 Å². The summed E-state index contributed by atoms with van der Waals surface area (Å²) in [6.45, 7) is 4.67. The Balaban J connectivity index is 1.48. The van der Waals surface area contributed by atoms with Crippen molar-refractivity contribution in [2.75, 3.05) is 26.2 Å². The quantitative estimate of drug-likeness (QED) is 0.704. The highest BCUT2D eigenvalue weighted by atomic mass is 16.6. The first-order chi connectivity index (χ1) is 7.31. The van der Waals surface area contributed by atoms with Crippen LogP contribution in [0.25, 0.3) is 0 Å². The highest BCUT2D eigenvalue weighted by Crippen LogP contribution is 2.36. The van der Waals surface area contributed by atoms with Crippen molar-refractivity contribution in [3.8, 4) is 0 Å². The van der Waals surface area contributed by atoms with Crippen LogP contribution in [-0.2, 0) is 4.74 Å². The van der Waals surface area contributed by atoms with Crippen LogP contribution in [0.2, 0.25) is 0 Å². The van der Waals surface area contributed by atoms with Gasteiger partial charge in [0.15, 0.2) is 0 Å². The molecule has 4 unspecified atom stereocenters. The lowest BCUT2D eigenvalue weighted by Crippen LogP contribution is -2.26. The molecule has 0 amide bonds. The Labute approximate surface area is 91.4 Å².